The zero-order chi connectivity index (χ0) is 10.9. The SMILES string of the molecule is Cc1nc(C(=O)N(C)O)c(=N)n(C)n1. The second-order valence-electron chi connectivity index (χ2n) is 2.81. The van der Waals surface area contributed by atoms with Crippen molar-refractivity contribution in [3.8, 4) is 0 Å². The minimum Gasteiger partial charge on any atom is -0.286 e. The van der Waals surface area contributed by atoms with Gasteiger partial charge in [0.15, 0.2) is 11.2 Å². The quantitative estimate of drug-likeness (QED) is 0.449. The third-order valence-electron chi connectivity index (χ3n) is 1.61. The second kappa shape index (κ2) is 3.54. The Morgan fingerprint density at radius 2 is 2.21 bits per heavy atom. The zero-order valence-corrected chi connectivity index (χ0v) is 8.14. The van der Waals surface area contributed by atoms with Gasteiger partial charge in [0.1, 0.15) is 5.82 Å². The molecule has 0 radical (unpaired) electrons. The molecule has 1 rings (SSSR count). The molecule has 0 aliphatic carbocycles. The van der Waals surface area contributed by atoms with Gasteiger partial charge in [0.25, 0.3) is 5.91 Å². The average Bonchev–Trinajstić information content (AvgIpc) is 2.09. The molecule has 1 aromatic rings. The first-order chi connectivity index (χ1) is 6.43. The first-order valence-electron chi connectivity index (χ1n) is 3.87. The average molecular weight is 197 g/mol. The molecule has 7 heteroatoms. The molecule has 0 bridgehead atoms. The summed E-state index contributed by atoms with van der Waals surface area (Å²) in [6.07, 6.45) is 0. The predicted molar refractivity (Wildman–Crippen MR) is 45.5 cm³/mol. The van der Waals surface area contributed by atoms with Crippen LogP contribution in [0.1, 0.15) is 16.3 Å². The highest BCUT2D eigenvalue weighted by atomic mass is 16.5. The summed E-state index contributed by atoms with van der Waals surface area (Å²) in [7, 11) is 2.71. The van der Waals surface area contributed by atoms with Gasteiger partial charge in [-0.2, -0.15) is 5.10 Å². The van der Waals surface area contributed by atoms with E-state index in [1.54, 1.807) is 6.92 Å². The van der Waals surface area contributed by atoms with Gasteiger partial charge in [-0.1, -0.05) is 0 Å². The Labute approximate surface area is 80.1 Å². The van der Waals surface area contributed by atoms with E-state index in [4.69, 9.17) is 10.6 Å². The standard InChI is InChI=1S/C7H11N5O2/c1-4-9-5(7(13)12(3)14)6(8)11(2)10-4/h8,14H,1-3H3. The van der Waals surface area contributed by atoms with Crippen molar-refractivity contribution in [2.45, 2.75) is 6.92 Å². The van der Waals surface area contributed by atoms with Crippen LogP contribution < -0.4 is 5.49 Å². The number of aryl methyl sites for hydroxylation is 2. The molecule has 0 fully saturated rings. The molecule has 0 aliphatic rings. The van der Waals surface area contributed by atoms with Crippen molar-refractivity contribution < 1.29 is 10.0 Å². The third-order valence-corrected chi connectivity index (χ3v) is 1.61. The fraction of sp³-hybridized carbons (Fsp3) is 0.429. The van der Waals surface area contributed by atoms with Crippen molar-refractivity contribution in [1.82, 2.24) is 19.8 Å². The summed E-state index contributed by atoms with van der Waals surface area (Å²) in [6.45, 7) is 1.60. The van der Waals surface area contributed by atoms with Gasteiger partial charge in [-0.25, -0.2) is 14.7 Å². The van der Waals surface area contributed by atoms with Gasteiger partial charge in [0.2, 0.25) is 0 Å². The largest absolute Gasteiger partial charge is 0.299 e. The number of carbonyl (C=O) groups is 1. The normalized spacial score (nSPS) is 10.0. The summed E-state index contributed by atoms with van der Waals surface area (Å²) < 4.78 is 1.22. The van der Waals surface area contributed by atoms with Crippen LogP contribution >= 0.6 is 0 Å². The number of nitrogens with zero attached hydrogens (tertiary/aromatic N) is 4. The molecule has 7 nitrogen and oxygen atoms in total. The molecule has 2 N–H and O–H groups in total. The lowest BCUT2D eigenvalue weighted by Crippen LogP contribution is -2.35. The van der Waals surface area contributed by atoms with E-state index in [2.05, 4.69) is 10.1 Å². The highest BCUT2D eigenvalue weighted by Gasteiger charge is 2.15. The lowest BCUT2D eigenvalue weighted by Gasteiger charge is -2.09. The summed E-state index contributed by atoms with van der Waals surface area (Å²) >= 11 is 0. The second-order valence-corrected chi connectivity index (χ2v) is 2.81. The maximum Gasteiger partial charge on any atom is 0.299 e. The number of carbonyl (C=O) groups excluding carboxylic acids is 1. The summed E-state index contributed by atoms with van der Waals surface area (Å²) in [5.41, 5.74) is -0.258. The molecular weight excluding hydrogens is 186 g/mol. The van der Waals surface area contributed by atoms with Crippen LogP contribution in [0.2, 0.25) is 0 Å². The molecule has 1 aromatic heterocycles. The van der Waals surface area contributed by atoms with Crippen molar-refractivity contribution in [2.24, 2.45) is 7.05 Å². The maximum absolute atomic E-state index is 11.3. The minimum absolute atomic E-state index is 0.120. The van der Waals surface area contributed by atoms with Gasteiger partial charge in [-0.3, -0.25) is 15.4 Å². The van der Waals surface area contributed by atoms with Crippen LogP contribution in [0.15, 0.2) is 0 Å². The molecule has 1 heterocycles. The van der Waals surface area contributed by atoms with E-state index in [1.807, 2.05) is 0 Å². The van der Waals surface area contributed by atoms with Gasteiger partial charge in [0.05, 0.1) is 0 Å². The number of hydrogen-bond donors (Lipinski definition) is 2. The summed E-state index contributed by atoms with van der Waals surface area (Å²) in [4.78, 5) is 15.1. The van der Waals surface area contributed by atoms with Crippen molar-refractivity contribution >= 4 is 5.91 Å². The van der Waals surface area contributed by atoms with E-state index < -0.39 is 5.91 Å². The van der Waals surface area contributed by atoms with Crippen molar-refractivity contribution in [3.05, 3.63) is 17.0 Å². The molecule has 1 amide bonds. The molecule has 76 valence electrons. The van der Waals surface area contributed by atoms with E-state index in [-0.39, 0.29) is 11.2 Å². The highest BCUT2D eigenvalue weighted by molar-refractivity contribution is 5.90. The van der Waals surface area contributed by atoms with Crippen molar-refractivity contribution in [2.75, 3.05) is 7.05 Å². The predicted octanol–water partition coefficient (Wildman–Crippen LogP) is -0.936. The topological polar surface area (TPSA) is 95.1 Å². The number of amides is 1. The number of aromatic nitrogens is 3. The molecule has 0 spiro atoms. The van der Waals surface area contributed by atoms with Crippen LogP contribution in [-0.2, 0) is 7.05 Å². The Bertz CT molecular complexity index is 423. The number of rotatable bonds is 1. The van der Waals surface area contributed by atoms with Crippen LogP contribution in [0.3, 0.4) is 0 Å². The Balaban J connectivity index is 3.35. The van der Waals surface area contributed by atoms with Crippen LogP contribution in [0.25, 0.3) is 0 Å². The smallest absolute Gasteiger partial charge is 0.286 e. The molecule has 0 saturated heterocycles. The van der Waals surface area contributed by atoms with Crippen molar-refractivity contribution in [1.29, 1.82) is 5.41 Å². The lowest BCUT2D eigenvalue weighted by molar-refractivity contribution is -0.0382. The molecule has 14 heavy (non-hydrogen) atoms. The summed E-state index contributed by atoms with van der Waals surface area (Å²) in [6, 6.07) is 0. The van der Waals surface area contributed by atoms with Gasteiger partial charge in [-0.05, 0) is 6.92 Å². The van der Waals surface area contributed by atoms with Crippen molar-refractivity contribution in [3.63, 3.8) is 0 Å². The maximum atomic E-state index is 11.3. The number of hydroxylamine groups is 2. The third kappa shape index (κ3) is 1.77. The van der Waals surface area contributed by atoms with Gasteiger partial charge >= 0.3 is 0 Å². The van der Waals surface area contributed by atoms with E-state index in [0.717, 1.165) is 0 Å². The van der Waals surface area contributed by atoms with Crippen LogP contribution in [0, 0.1) is 12.3 Å². The summed E-state index contributed by atoms with van der Waals surface area (Å²) in [5.74, 6) is -0.357. The van der Waals surface area contributed by atoms with Crippen LogP contribution in [0.5, 0.6) is 0 Å². The van der Waals surface area contributed by atoms with E-state index in [0.29, 0.717) is 10.9 Å². The number of hydrogen-bond acceptors (Lipinski definition) is 5. The fourth-order valence-corrected chi connectivity index (χ4v) is 0.960. The molecule has 0 saturated carbocycles. The number of nitrogens with one attached hydrogen (secondary N) is 1. The molecule has 0 unspecified atom stereocenters. The van der Waals surface area contributed by atoms with Gasteiger partial charge in [0, 0.05) is 14.1 Å². The van der Waals surface area contributed by atoms with Gasteiger partial charge in [-0.15, -0.1) is 0 Å². The van der Waals surface area contributed by atoms with E-state index in [1.165, 1.54) is 18.8 Å². The Kier molecular flexibility index (Phi) is 2.61. The van der Waals surface area contributed by atoms with Gasteiger partial charge < -0.3 is 0 Å². The van der Waals surface area contributed by atoms with Crippen LogP contribution in [0.4, 0.5) is 0 Å². The highest BCUT2D eigenvalue weighted by Crippen LogP contribution is 1.91. The molecule has 0 atom stereocenters. The monoisotopic (exact) mass is 197 g/mol. The van der Waals surface area contributed by atoms with E-state index in [9.17, 15) is 4.79 Å². The zero-order valence-electron chi connectivity index (χ0n) is 8.14. The summed E-state index contributed by atoms with van der Waals surface area (Å²) in [5, 5.41) is 20.6. The first-order valence-corrected chi connectivity index (χ1v) is 3.87. The molecule has 0 aliphatic heterocycles. The molecular formula is C7H11N5O2. The minimum atomic E-state index is -0.726. The van der Waals surface area contributed by atoms with Crippen LogP contribution in [-0.4, -0.2) is 38.0 Å². The first kappa shape index (κ1) is 10.3. The lowest BCUT2D eigenvalue weighted by atomic mass is 10.4. The Hall–Kier alpha value is -1.76. The van der Waals surface area contributed by atoms with E-state index >= 15 is 0 Å². The Morgan fingerprint density at radius 1 is 1.64 bits per heavy atom. The fourth-order valence-electron chi connectivity index (χ4n) is 0.960. The molecule has 0 aromatic carbocycles. The Morgan fingerprint density at radius 3 is 2.71 bits per heavy atom.